The molecule has 12 nitrogen and oxygen atoms in total. The Hall–Kier alpha value is -1.90. The van der Waals surface area contributed by atoms with Crippen LogP contribution < -0.4 is 24.3 Å². The highest BCUT2D eigenvalue weighted by molar-refractivity contribution is 9.10. The molecule has 0 aliphatic carbocycles. The third kappa shape index (κ3) is 11.7. The van der Waals surface area contributed by atoms with E-state index in [-0.39, 0.29) is 25.8 Å². The monoisotopic (exact) mass is 811 g/mol. The van der Waals surface area contributed by atoms with Gasteiger partial charge in [-0.1, -0.05) is 45.2 Å². The molecule has 0 amide bonds. The Kier molecular flexibility index (Phi) is 16.8. The van der Waals surface area contributed by atoms with Gasteiger partial charge in [0.05, 0.1) is 12.7 Å². The molecule has 0 aromatic heterocycles. The summed E-state index contributed by atoms with van der Waals surface area (Å²) in [6.07, 6.45) is 3.73. The van der Waals surface area contributed by atoms with Gasteiger partial charge in [0.15, 0.2) is 29.3 Å². The fourth-order valence-corrected chi connectivity index (χ4v) is 5.39. The van der Waals surface area contributed by atoms with Crippen molar-refractivity contribution in [2.24, 2.45) is 0 Å². The first-order chi connectivity index (χ1) is 21.7. The van der Waals surface area contributed by atoms with Crippen molar-refractivity contribution in [3.63, 3.8) is 0 Å². The number of ether oxygens (including phenoxy) is 7. The third-order valence-electron chi connectivity index (χ3n) is 6.41. The van der Waals surface area contributed by atoms with Crippen molar-refractivity contribution in [3.05, 3.63) is 43.8 Å². The van der Waals surface area contributed by atoms with Crippen LogP contribution in [0.15, 0.2) is 27.1 Å². The summed E-state index contributed by atoms with van der Waals surface area (Å²) in [7, 11) is -0.755. The van der Waals surface area contributed by atoms with E-state index in [0.717, 1.165) is 69.9 Å². The minimum Gasteiger partial charge on any atom is -0.454 e. The average molecular weight is 813 g/mol. The molecule has 3 aliphatic rings. The Bertz CT molecular complexity index is 1360. The number of halogens is 5. The molecule has 1 atom stereocenters. The first-order valence-corrected chi connectivity index (χ1v) is 16.9. The standard InChI is InChI=1S/C13H15BrO3.C9H9BrO3.C5H13NO2.CHF3O3S/c1-2-3-10-12-8(4-5-15-10)9(14)6-11-13(12)17-7-16-11;10-7-4-9-8(12-5-13-9)3-6(7)1-2-11;1-6-4-5(7-2)8-3;2-1(3,4)8(5,6)7/h6,10H,2-5,7H2,1H3;3-4,11H,1-2,5H2;5-6H,4H2,1-3H3;(H,5,6,7). The van der Waals surface area contributed by atoms with Gasteiger partial charge in [-0.05, 0) is 55.6 Å². The number of aliphatic hydroxyl groups is 1. The van der Waals surface area contributed by atoms with E-state index in [4.69, 9.17) is 51.2 Å². The topological polar surface area (TPSA) is 151 Å². The number of alkyl halides is 3. The maximum Gasteiger partial charge on any atom is 0.522 e. The van der Waals surface area contributed by atoms with E-state index in [0.29, 0.717) is 13.2 Å². The summed E-state index contributed by atoms with van der Waals surface area (Å²) in [6, 6.07) is 5.77. The molecule has 18 heteroatoms. The first kappa shape index (κ1) is 40.3. The highest BCUT2D eigenvalue weighted by Gasteiger charge is 2.44. The van der Waals surface area contributed by atoms with Crippen LogP contribution in [0.2, 0.25) is 0 Å². The normalized spacial score (nSPS) is 16.0. The lowest BCUT2D eigenvalue weighted by Crippen LogP contribution is -2.26. The number of nitrogens with one attached hydrogen (secondary N) is 1. The number of aliphatic hydroxyl groups excluding tert-OH is 1. The zero-order valence-corrected chi connectivity index (χ0v) is 29.6. The summed E-state index contributed by atoms with van der Waals surface area (Å²) in [5.41, 5.74) is -1.99. The van der Waals surface area contributed by atoms with E-state index < -0.39 is 15.6 Å². The number of benzene rings is 2. The fraction of sp³-hybridized carbons (Fsp3) is 0.571. The minimum atomic E-state index is -5.84. The number of fused-ring (bicyclic) bond motifs is 4. The molecule has 0 radical (unpaired) electrons. The lowest BCUT2D eigenvalue weighted by molar-refractivity contribution is -0.0978. The molecule has 0 bridgehead atoms. The second-order valence-electron chi connectivity index (χ2n) is 9.53. The van der Waals surface area contributed by atoms with Gasteiger partial charge in [0.2, 0.25) is 13.6 Å². The van der Waals surface area contributed by atoms with E-state index in [9.17, 15) is 13.2 Å². The second kappa shape index (κ2) is 19.2. The number of hydrogen-bond donors (Lipinski definition) is 3. The van der Waals surface area contributed by atoms with Gasteiger partial charge in [0, 0.05) is 41.9 Å². The summed E-state index contributed by atoms with van der Waals surface area (Å²) in [6.45, 7) is 4.43. The van der Waals surface area contributed by atoms with Crippen LogP contribution in [0, 0.1) is 0 Å². The van der Waals surface area contributed by atoms with Crippen LogP contribution in [0.3, 0.4) is 0 Å². The number of rotatable bonds is 8. The van der Waals surface area contributed by atoms with Crippen LogP contribution in [0.5, 0.6) is 23.0 Å². The number of hydrogen-bond acceptors (Lipinski definition) is 11. The second-order valence-corrected chi connectivity index (χ2v) is 12.7. The molecule has 0 fully saturated rings. The molecule has 0 saturated carbocycles. The molecule has 3 heterocycles. The summed E-state index contributed by atoms with van der Waals surface area (Å²) in [4.78, 5) is 0. The predicted octanol–water partition coefficient (Wildman–Crippen LogP) is 5.52. The number of methoxy groups -OCH3 is 2. The molecule has 262 valence electrons. The molecular weight excluding hydrogens is 775 g/mol. The van der Waals surface area contributed by atoms with Crippen molar-refractivity contribution in [3.8, 4) is 23.0 Å². The molecular formula is C28H38Br2F3NO11S. The Labute approximate surface area is 282 Å². The fourth-order valence-electron chi connectivity index (χ4n) is 4.25. The van der Waals surface area contributed by atoms with Crippen molar-refractivity contribution in [1.82, 2.24) is 5.32 Å². The van der Waals surface area contributed by atoms with Gasteiger partial charge in [0.25, 0.3) is 0 Å². The highest BCUT2D eigenvalue weighted by Crippen LogP contribution is 2.48. The van der Waals surface area contributed by atoms with Crippen molar-refractivity contribution >= 4 is 42.0 Å². The minimum absolute atomic E-state index is 0.111. The van der Waals surface area contributed by atoms with Crippen molar-refractivity contribution in [2.75, 3.05) is 54.6 Å². The summed E-state index contributed by atoms with van der Waals surface area (Å²) >= 11 is 7.03. The van der Waals surface area contributed by atoms with Gasteiger partial charge >= 0.3 is 15.6 Å². The molecule has 0 saturated heterocycles. The van der Waals surface area contributed by atoms with Crippen LogP contribution in [0.1, 0.15) is 42.6 Å². The summed E-state index contributed by atoms with van der Waals surface area (Å²) in [5.74, 6) is 3.24. The van der Waals surface area contributed by atoms with E-state index in [1.165, 1.54) is 11.1 Å². The van der Waals surface area contributed by atoms with E-state index >= 15 is 0 Å². The molecule has 46 heavy (non-hydrogen) atoms. The maximum atomic E-state index is 10.7. The molecule has 3 N–H and O–H groups in total. The largest absolute Gasteiger partial charge is 0.522 e. The molecule has 5 rings (SSSR count). The SMILES string of the molecule is CCCC1OCCc2c(Br)cc3c(c21)OCO3.CNCC(OC)OC.O=S(=O)(O)C(F)(F)F.OCCc1cc2c(cc1Br)OCO2. The van der Waals surface area contributed by atoms with Crippen molar-refractivity contribution in [1.29, 1.82) is 0 Å². The molecule has 2 aromatic carbocycles. The van der Waals surface area contributed by atoms with Crippen LogP contribution in [-0.4, -0.2) is 84.5 Å². The third-order valence-corrected chi connectivity index (χ3v) is 8.44. The van der Waals surface area contributed by atoms with Crippen LogP contribution >= 0.6 is 31.9 Å². The average Bonchev–Trinajstić information content (AvgIpc) is 3.66. The smallest absolute Gasteiger partial charge is 0.454 e. The number of likely N-dealkylation sites (N-methyl/N-ethyl adjacent to an activating group) is 1. The zero-order chi connectivity index (χ0) is 34.5. The Morgan fingerprint density at radius 3 is 2.11 bits per heavy atom. The molecule has 2 aromatic rings. The van der Waals surface area contributed by atoms with Crippen LogP contribution in [0.4, 0.5) is 13.2 Å². The van der Waals surface area contributed by atoms with Crippen LogP contribution in [-0.2, 0) is 37.2 Å². The van der Waals surface area contributed by atoms with Crippen LogP contribution in [0.25, 0.3) is 0 Å². The van der Waals surface area contributed by atoms with E-state index in [1.807, 2.05) is 25.2 Å². The Balaban J connectivity index is 0.000000227. The molecule has 3 aliphatic heterocycles. The maximum absolute atomic E-state index is 10.7. The lowest BCUT2D eigenvalue weighted by atomic mass is 9.93. The van der Waals surface area contributed by atoms with Crippen molar-refractivity contribution in [2.45, 2.75) is 50.5 Å². The quantitative estimate of drug-likeness (QED) is 0.175. The molecule has 0 spiro atoms. The van der Waals surface area contributed by atoms with Gasteiger partial charge in [-0.2, -0.15) is 21.6 Å². The van der Waals surface area contributed by atoms with Crippen molar-refractivity contribution < 1.29 is 64.4 Å². The molecule has 1 unspecified atom stereocenters. The van der Waals surface area contributed by atoms with E-state index in [1.54, 1.807) is 14.2 Å². The predicted molar refractivity (Wildman–Crippen MR) is 168 cm³/mol. The summed E-state index contributed by atoms with van der Waals surface area (Å²) in [5, 5.41) is 11.7. The Morgan fingerprint density at radius 1 is 1.02 bits per heavy atom. The zero-order valence-electron chi connectivity index (χ0n) is 25.6. The lowest BCUT2D eigenvalue weighted by Gasteiger charge is -2.27. The Morgan fingerprint density at radius 2 is 1.59 bits per heavy atom. The van der Waals surface area contributed by atoms with Gasteiger partial charge in [-0.25, -0.2) is 0 Å². The van der Waals surface area contributed by atoms with Gasteiger partial charge in [-0.3, -0.25) is 4.55 Å². The first-order valence-electron chi connectivity index (χ1n) is 13.9. The highest BCUT2D eigenvalue weighted by atomic mass is 79.9. The van der Waals surface area contributed by atoms with E-state index in [2.05, 4.69) is 44.1 Å². The van der Waals surface area contributed by atoms with Gasteiger partial charge in [-0.15, -0.1) is 0 Å². The summed E-state index contributed by atoms with van der Waals surface area (Å²) < 4.78 is 96.7. The van der Waals surface area contributed by atoms with Gasteiger partial charge in [0.1, 0.15) is 0 Å². The van der Waals surface area contributed by atoms with Gasteiger partial charge < -0.3 is 43.6 Å².